The Kier molecular flexibility index (Phi) is 35.1. The Morgan fingerprint density at radius 1 is 0.522 bits per heavy atom. The second kappa shape index (κ2) is 37.1. The number of allylic oxidation sites excluding steroid dienone is 10. The van der Waals surface area contributed by atoms with Crippen molar-refractivity contribution < 1.29 is 24.2 Å². The molecule has 0 aliphatic carbocycles. The van der Waals surface area contributed by atoms with Crippen LogP contribution in [0.3, 0.4) is 0 Å². The molecule has 0 amide bonds. The number of carbonyl (C=O) groups is 2. The predicted molar refractivity (Wildman–Crippen MR) is 196 cm³/mol. The Labute approximate surface area is 283 Å². The minimum absolute atomic E-state index is 0.0802. The molecule has 264 valence electrons. The maximum absolute atomic E-state index is 12.1. The molecular formula is C41H70O5. The Hall–Kier alpha value is -2.40. The Balaban J connectivity index is 3.64. The maximum atomic E-state index is 12.1. The van der Waals surface area contributed by atoms with E-state index >= 15 is 0 Å². The molecule has 0 rings (SSSR count). The molecule has 0 unspecified atom stereocenters. The van der Waals surface area contributed by atoms with Crippen LogP contribution in [0.25, 0.3) is 0 Å². The molecular weight excluding hydrogens is 572 g/mol. The zero-order valence-electron chi connectivity index (χ0n) is 29.8. The molecule has 0 heterocycles. The van der Waals surface area contributed by atoms with Crippen LogP contribution in [0.1, 0.15) is 168 Å². The number of esters is 2. The Bertz CT molecular complexity index is 823. The average Bonchev–Trinajstić information content (AvgIpc) is 3.06. The van der Waals surface area contributed by atoms with E-state index in [0.717, 1.165) is 77.0 Å². The zero-order chi connectivity index (χ0) is 33.6. The molecule has 0 aliphatic heterocycles. The molecule has 0 aromatic rings. The quantitative estimate of drug-likeness (QED) is 0.0438. The lowest BCUT2D eigenvalue weighted by Gasteiger charge is -2.15. The molecule has 1 atom stereocenters. The largest absolute Gasteiger partial charge is 0.462 e. The average molecular weight is 643 g/mol. The first-order chi connectivity index (χ1) is 22.6. The molecule has 5 heteroatoms. The highest BCUT2D eigenvalue weighted by molar-refractivity contribution is 5.70. The number of carbonyl (C=O) groups excluding carboxylic acids is 2. The van der Waals surface area contributed by atoms with Crippen LogP contribution in [0.4, 0.5) is 0 Å². The van der Waals surface area contributed by atoms with Crippen molar-refractivity contribution >= 4 is 11.9 Å². The van der Waals surface area contributed by atoms with Crippen LogP contribution < -0.4 is 0 Å². The number of unbranched alkanes of at least 4 members (excludes halogenated alkanes) is 15. The van der Waals surface area contributed by atoms with Crippen LogP contribution in [0.2, 0.25) is 0 Å². The van der Waals surface area contributed by atoms with Crippen molar-refractivity contribution in [2.75, 3.05) is 13.2 Å². The van der Waals surface area contributed by atoms with Gasteiger partial charge < -0.3 is 14.6 Å². The van der Waals surface area contributed by atoms with Gasteiger partial charge in [0.15, 0.2) is 6.10 Å². The molecule has 0 spiro atoms. The lowest BCUT2D eigenvalue weighted by atomic mass is 10.1. The molecule has 0 aromatic heterocycles. The number of rotatable bonds is 33. The summed E-state index contributed by atoms with van der Waals surface area (Å²) in [4.78, 5) is 24.2. The van der Waals surface area contributed by atoms with Crippen LogP contribution in [-0.4, -0.2) is 36.4 Å². The predicted octanol–water partition coefficient (Wildman–Crippen LogP) is 11.6. The lowest BCUT2D eigenvalue weighted by Crippen LogP contribution is -2.28. The van der Waals surface area contributed by atoms with E-state index in [1.165, 1.54) is 64.2 Å². The summed E-state index contributed by atoms with van der Waals surface area (Å²) in [6, 6.07) is 0. The van der Waals surface area contributed by atoms with Crippen LogP contribution >= 0.6 is 0 Å². The fraction of sp³-hybridized carbons (Fsp3) is 0.707. The van der Waals surface area contributed by atoms with Gasteiger partial charge in [0, 0.05) is 12.8 Å². The van der Waals surface area contributed by atoms with Gasteiger partial charge in [0.2, 0.25) is 0 Å². The number of hydrogen-bond donors (Lipinski definition) is 1. The first-order valence-electron chi connectivity index (χ1n) is 18.8. The fourth-order valence-electron chi connectivity index (χ4n) is 4.95. The highest BCUT2D eigenvalue weighted by Crippen LogP contribution is 2.12. The monoisotopic (exact) mass is 643 g/mol. The summed E-state index contributed by atoms with van der Waals surface area (Å²) in [6.45, 7) is 3.97. The standard InChI is InChI=1S/C41H70O5/c1-3-5-7-9-11-13-15-17-19-20-22-24-26-28-30-32-34-36-41(44)46-39(37-42)38-45-40(43)35-33-31-29-27-25-23-21-18-16-14-12-10-8-6-4-2/h5,7,11,13-14,16-17,19,22,24,39,42H,3-4,6,8-10,12,15,18,20-21,23,25-38H2,1-2H3/b7-5-,13-11-,16-14-,19-17-,24-22-/t39-/m0/s1. The van der Waals surface area contributed by atoms with Crippen molar-refractivity contribution in [1.82, 2.24) is 0 Å². The van der Waals surface area contributed by atoms with E-state index in [2.05, 4.69) is 74.6 Å². The zero-order valence-corrected chi connectivity index (χ0v) is 29.8. The normalized spacial score (nSPS) is 12.8. The molecule has 46 heavy (non-hydrogen) atoms. The summed E-state index contributed by atoms with van der Waals surface area (Å²) < 4.78 is 10.6. The van der Waals surface area contributed by atoms with E-state index in [4.69, 9.17) is 9.47 Å². The second-order valence-electron chi connectivity index (χ2n) is 12.3. The van der Waals surface area contributed by atoms with Gasteiger partial charge in [0.25, 0.3) is 0 Å². The molecule has 1 N–H and O–H groups in total. The van der Waals surface area contributed by atoms with Crippen LogP contribution in [0.5, 0.6) is 0 Å². The third-order valence-electron chi connectivity index (χ3n) is 7.80. The van der Waals surface area contributed by atoms with Gasteiger partial charge in [-0.05, 0) is 77.0 Å². The van der Waals surface area contributed by atoms with Crippen molar-refractivity contribution in [3.05, 3.63) is 60.8 Å². The Morgan fingerprint density at radius 2 is 0.935 bits per heavy atom. The van der Waals surface area contributed by atoms with Gasteiger partial charge in [-0.15, -0.1) is 0 Å². The minimum Gasteiger partial charge on any atom is -0.462 e. The smallest absolute Gasteiger partial charge is 0.306 e. The van der Waals surface area contributed by atoms with E-state index in [0.29, 0.717) is 12.8 Å². The summed E-state index contributed by atoms with van der Waals surface area (Å²) in [5.74, 6) is -0.628. The number of ether oxygens (including phenoxy) is 2. The van der Waals surface area contributed by atoms with Crippen LogP contribution in [0.15, 0.2) is 60.8 Å². The topological polar surface area (TPSA) is 72.8 Å². The molecule has 0 saturated carbocycles. The van der Waals surface area contributed by atoms with Gasteiger partial charge in [-0.3, -0.25) is 9.59 Å². The summed E-state index contributed by atoms with van der Waals surface area (Å²) in [7, 11) is 0. The number of hydrogen-bond acceptors (Lipinski definition) is 5. The van der Waals surface area contributed by atoms with Crippen molar-refractivity contribution in [3.63, 3.8) is 0 Å². The van der Waals surface area contributed by atoms with E-state index in [9.17, 15) is 14.7 Å². The summed E-state index contributed by atoms with van der Waals surface area (Å²) >= 11 is 0. The van der Waals surface area contributed by atoms with Crippen molar-refractivity contribution in [2.45, 2.75) is 174 Å². The highest BCUT2D eigenvalue weighted by atomic mass is 16.6. The van der Waals surface area contributed by atoms with E-state index < -0.39 is 6.10 Å². The van der Waals surface area contributed by atoms with Crippen molar-refractivity contribution in [3.8, 4) is 0 Å². The summed E-state index contributed by atoms with van der Waals surface area (Å²) in [5, 5.41) is 9.54. The first-order valence-corrected chi connectivity index (χ1v) is 18.8. The molecule has 0 fully saturated rings. The van der Waals surface area contributed by atoms with Gasteiger partial charge in [-0.1, -0.05) is 139 Å². The molecule has 5 nitrogen and oxygen atoms in total. The van der Waals surface area contributed by atoms with E-state index in [1.807, 2.05) is 0 Å². The molecule has 0 aliphatic rings. The molecule has 0 radical (unpaired) electrons. The fourth-order valence-corrected chi connectivity index (χ4v) is 4.95. The van der Waals surface area contributed by atoms with E-state index in [1.54, 1.807) is 0 Å². The van der Waals surface area contributed by atoms with E-state index in [-0.39, 0.29) is 25.2 Å². The van der Waals surface area contributed by atoms with Gasteiger partial charge in [-0.2, -0.15) is 0 Å². The van der Waals surface area contributed by atoms with Crippen molar-refractivity contribution in [2.24, 2.45) is 0 Å². The van der Waals surface area contributed by atoms with Crippen molar-refractivity contribution in [1.29, 1.82) is 0 Å². The highest BCUT2D eigenvalue weighted by Gasteiger charge is 2.16. The second-order valence-corrected chi connectivity index (χ2v) is 12.3. The van der Waals surface area contributed by atoms with Gasteiger partial charge in [0.05, 0.1) is 6.61 Å². The SMILES string of the molecule is CC/C=C\C/C=C\C/C=C\C/C=C\CCCCCCC(=O)O[C@@H](CO)COC(=O)CCCCCCCCC/C=C\CCCCCC. The lowest BCUT2D eigenvalue weighted by molar-refractivity contribution is -0.161. The van der Waals surface area contributed by atoms with Gasteiger partial charge in [-0.25, -0.2) is 0 Å². The summed E-state index contributed by atoms with van der Waals surface area (Å²) in [6.07, 6.45) is 47.0. The first kappa shape index (κ1) is 43.6. The maximum Gasteiger partial charge on any atom is 0.306 e. The molecule has 0 aromatic carbocycles. The third kappa shape index (κ3) is 34.5. The Morgan fingerprint density at radius 3 is 1.43 bits per heavy atom. The van der Waals surface area contributed by atoms with Gasteiger partial charge in [0.1, 0.15) is 6.61 Å². The van der Waals surface area contributed by atoms with Gasteiger partial charge >= 0.3 is 11.9 Å². The number of aliphatic hydroxyl groups is 1. The van der Waals surface area contributed by atoms with Crippen LogP contribution in [0, 0.1) is 0 Å². The summed E-state index contributed by atoms with van der Waals surface area (Å²) in [5.41, 5.74) is 0. The minimum atomic E-state index is -0.787. The molecule has 0 saturated heterocycles. The molecule has 0 bridgehead atoms. The number of aliphatic hydroxyl groups excluding tert-OH is 1. The van der Waals surface area contributed by atoms with Crippen LogP contribution in [-0.2, 0) is 19.1 Å². The third-order valence-corrected chi connectivity index (χ3v) is 7.80.